The Morgan fingerprint density at radius 1 is 1.56 bits per heavy atom. The standard InChI is InChI=1S/C10H11ClN2O3/c1-8(12-16-7-6-11)9-4-2-3-5-10(9)13(14)15/h2-5H,6-7H2,1H3/b12-8+. The third-order valence-corrected chi connectivity index (χ3v) is 2.01. The largest absolute Gasteiger partial charge is 0.394 e. The maximum absolute atomic E-state index is 10.7. The molecule has 0 atom stereocenters. The molecule has 0 spiro atoms. The van der Waals surface area contributed by atoms with Gasteiger partial charge in [0, 0.05) is 6.07 Å². The van der Waals surface area contributed by atoms with Crippen LogP contribution >= 0.6 is 11.6 Å². The topological polar surface area (TPSA) is 64.7 Å². The Kier molecular flexibility index (Phi) is 4.72. The van der Waals surface area contributed by atoms with Crippen LogP contribution in [0.5, 0.6) is 0 Å². The molecule has 0 aromatic heterocycles. The van der Waals surface area contributed by atoms with Crippen molar-refractivity contribution in [3.63, 3.8) is 0 Å². The molecule has 1 aromatic rings. The molecule has 0 N–H and O–H groups in total. The average Bonchev–Trinajstić information content (AvgIpc) is 2.29. The highest BCUT2D eigenvalue weighted by molar-refractivity contribution is 6.17. The van der Waals surface area contributed by atoms with Gasteiger partial charge in [0.05, 0.1) is 22.1 Å². The fourth-order valence-electron chi connectivity index (χ4n) is 1.16. The lowest BCUT2D eigenvalue weighted by atomic mass is 10.1. The van der Waals surface area contributed by atoms with Crippen LogP contribution in [0.1, 0.15) is 12.5 Å². The first kappa shape index (κ1) is 12.4. The molecule has 0 aliphatic heterocycles. The van der Waals surface area contributed by atoms with E-state index in [4.69, 9.17) is 16.4 Å². The fraction of sp³-hybridized carbons (Fsp3) is 0.300. The van der Waals surface area contributed by atoms with Crippen LogP contribution in [-0.2, 0) is 4.84 Å². The summed E-state index contributed by atoms with van der Waals surface area (Å²) in [5, 5.41) is 14.5. The Morgan fingerprint density at radius 2 is 2.25 bits per heavy atom. The van der Waals surface area contributed by atoms with Gasteiger partial charge < -0.3 is 4.84 Å². The number of hydrogen-bond acceptors (Lipinski definition) is 4. The lowest BCUT2D eigenvalue weighted by Gasteiger charge is -2.02. The summed E-state index contributed by atoms with van der Waals surface area (Å²) in [4.78, 5) is 15.2. The predicted molar refractivity (Wildman–Crippen MR) is 62.0 cm³/mol. The Hall–Kier alpha value is -1.62. The van der Waals surface area contributed by atoms with Gasteiger partial charge in [-0.25, -0.2) is 0 Å². The quantitative estimate of drug-likeness (QED) is 0.262. The van der Waals surface area contributed by atoms with E-state index in [1.165, 1.54) is 6.07 Å². The Balaban J connectivity index is 2.94. The summed E-state index contributed by atoms with van der Waals surface area (Å²) in [6.45, 7) is 1.93. The molecular weight excluding hydrogens is 232 g/mol. The smallest absolute Gasteiger partial charge is 0.278 e. The highest BCUT2D eigenvalue weighted by Gasteiger charge is 2.14. The molecular formula is C10H11ClN2O3. The van der Waals surface area contributed by atoms with Crippen LogP contribution in [-0.4, -0.2) is 23.1 Å². The van der Waals surface area contributed by atoms with Gasteiger partial charge in [-0.3, -0.25) is 10.1 Å². The Labute approximate surface area is 97.8 Å². The first-order valence-corrected chi connectivity index (χ1v) is 5.16. The molecule has 86 valence electrons. The van der Waals surface area contributed by atoms with Crippen LogP contribution in [0.15, 0.2) is 29.4 Å². The molecule has 0 unspecified atom stereocenters. The molecule has 0 fully saturated rings. The van der Waals surface area contributed by atoms with E-state index >= 15 is 0 Å². The van der Waals surface area contributed by atoms with Gasteiger partial charge in [-0.2, -0.15) is 0 Å². The van der Waals surface area contributed by atoms with Gasteiger partial charge in [0.2, 0.25) is 0 Å². The summed E-state index contributed by atoms with van der Waals surface area (Å²) >= 11 is 5.41. The number of nitro benzene ring substituents is 1. The van der Waals surface area contributed by atoms with Crippen LogP contribution < -0.4 is 0 Å². The van der Waals surface area contributed by atoms with E-state index in [1.54, 1.807) is 25.1 Å². The molecule has 1 rings (SSSR count). The van der Waals surface area contributed by atoms with E-state index in [2.05, 4.69) is 5.16 Å². The molecule has 5 nitrogen and oxygen atoms in total. The van der Waals surface area contributed by atoms with Crippen LogP contribution in [0, 0.1) is 10.1 Å². The molecule has 0 bridgehead atoms. The maximum Gasteiger partial charge on any atom is 0.278 e. The Bertz CT molecular complexity index is 407. The number of nitro groups is 1. The molecule has 16 heavy (non-hydrogen) atoms. The lowest BCUT2D eigenvalue weighted by Crippen LogP contribution is -2.02. The summed E-state index contributed by atoms with van der Waals surface area (Å²) < 4.78 is 0. The summed E-state index contributed by atoms with van der Waals surface area (Å²) in [7, 11) is 0. The van der Waals surface area contributed by atoms with E-state index in [9.17, 15) is 10.1 Å². The second-order valence-corrected chi connectivity index (χ2v) is 3.35. The van der Waals surface area contributed by atoms with E-state index in [0.29, 0.717) is 17.2 Å². The number of alkyl halides is 1. The van der Waals surface area contributed by atoms with Crippen molar-refractivity contribution >= 4 is 23.0 Å². The molecule has 0 heterocycles. The minimum Gasteiger partial charge on any atom is -0.394 e. The van der Waals surface area contributed by atoms with Gasteiger partial charge in [-0.1, -0.05) is 17.3 Å². The van der Waals surface area contributed by atoms with Gasteiger partial charge in [0.25, 0.3) is 5.69 Å². The average molecular weight is 243 g/mol. The van der Waals surface area contributed by atoms with Crippen LogP contribution in [0.3, 0.4) is 0 Å². The zero-order valence-electron chi connectivity index (χ0n) is 8.72. The summed E-state index contributed by atoms with van der Waals surface area (Å²) in [5.74, 6) is 0.327. The SMILES string of the molecule is C/C(=N\OCCCl)c1ccccc1[N+](=O)[O-]. The van der Waals surface area contributed by atoms with E-state index in [-0.39, 0.29) is 12.3 Å². The minimum absolute atomic E-state index is 0.0122. The van der Waals surface area contributed by atoms with Crippen molar-refractivity contribution in [1.29, 1.82) is 0 Å². The van der Waals surface area contributed by atoms with Crippen molar-refractivity contribution in [2.45, 2.75) is 6.92 Å². The van der Waals surface area contributed by atoms with Gasteiger partial charge in [-0.15, -0.1) is 11.6 Å². The van der Waals surface area contributed by atoms with Crippen molar-refractivity contribution in [3.05, 3.63) is 39.9 Å². The van der Waals surface area contributed by atoms with Crippen LogP contribution in [0.4, 0.5) is 5.69 Å². The van der Waals surface area contributed by atoms with Crippen molar-refractivity contribution in [2.75, 3.05) is 12.5 Å². The van der Waals surface area contributed by atoms with Crippen molar-refractivity contribution in [2.24, 2.45) is 5.16 Å². The summed E-state index contributed by atoms with van der Waals surface area (Å²) in [5.41, 5.74) is 0.915. The molecule has 0 amide bonds. The number of oxime groups is 1. The zero-order chi connectivity index (χ0) is 12.0. The molecule has 6 heteroatoms. The maximum atomic E-state index is 10.7. The van der Waals surface area contributed by atoms with E-state index in [0.717, 1.165) is 0 Å². The van der Waals surface area contributed by atoms with Crippen molar-refractivity contribution in [3.8, 4) is 0 Å². The third kappa shape index (κ3) is 3.20. The molecule has 0 aliphatic carbocycles. The normalized spacial score (nSPS) is 11.2. The highest BCUT2D eigenvalue weighted by atomic mass is 35.5. The monoisotopic (exact) mass is 242 g/mol. The number of halogens is 1. The fourth-order valence-corrected chi connectivity index (χ4v) is 1.23. The molecule has 0 aliphatic rings. The van der Waals surface area contributed by atoms with Crippen LogP contribution in [0.25, 0.3) is 0 Å². The van der Waals surface area contributed by atoms with Gasteiger partial charge in [-0.05, 0) is 13.0 Å². The number of benzene rings is 1. The molecule has 0 radical (unpaired) electrons. The lowest BCUT2D eigenvalue weighted by molar-refractivity contribution is -0.385. The Morgan fingerprint density at radius 3 is 2.88 bits per heavy atom. The second-order valence-electron chi connectivity index (χ2n) is 2.97. The first-order valence-electron chi connectivity index (χ1n) is 4.63. The molecule has 1 aromatic carbocycles. The van der Waals surface area contributed by atoms with Gasteiger partial charge in [0.1, 0.15) is 6.61 Å². The van der Waals surface area contributed by atoms with E-state index < -0.39 is 4.92 Å². The number of para-hydroxylation sites is 1. The van der Waals surface area contributed by atoms with Crippen molar-refractivity contribution < 1.29 is 9.76 Å². The van der Waals surface area contributed by atoms with Crippen molar-refractivity contribution in [1.82, 2.24) is 0 Å². The van der Waals surface area contributed by atoms with Gasteiger partial charge in [0.15, 0.2) is 0 Å². The van der Waals surface area contributed by atoms with Gasteiger partial charge >= 0.3 is 0 Å². The zero-order valence-corrected chi connectivity index (χ0v) is 9.48. The van der Waals surface area contributed by atoms with E-state index in [1.807, 2.05) is 0 Å². The number of nitrogens with zero attached hydrogens (tertiary/aromatic N) is 2. The molecule has 0 saturated heterocycles. The molecule has 0 saturated carbocycles. The number of hydrogen-bond donors (Lipinski definition) is 0. The predicted octanol–water partition coefficient (Wildman–Crippen LogP) is 2.57. The summed E-state index contributed by atoms with van der Waals surface area (Å²) in [6.07, 6.45) is 0. The second kappa shape index (κ2) is 6.07. The van der Waals surface area contributed by atoms with Crippen LogP contribution in [0.2, 0.25) is 0 Å². The third-order valence-electron chi connectivity index (χ3n) is 1.86. The summed E-state index contributed by atoms with van der Waals surface area (Å²) in [6, 6.07) is 6.37. The number of rotatable bonds is 5. The first-order chi connectivity index (χ1) is 7.66. The minimum atomic E-state index is -0.449. The highest BCUT2D eigenvalue weighted by Crippen LogP contribution is 2.18.